The number of benzene rings is 1. The van der Waals surface area contributed by atoms with Crippen molar-refractivity contribution in [1.29, 1.82) is 0 Å². The first kappa shape index (κ1) is 13.7. The number of rotatable bonds is 5. The lowest BCUT2D eigenvalue weighted by molar-refractivity contribution is -0.139. The minimum Gasteiger partial charge on any atom is -0.480 e. The molecule has 1 amide bonds. The Labute approximate surface area is 115 Å². The van der Waals surface area contributed by atoms with Gasteiger partial charge >= 0.3 is 5.97 Å². The van der Waals surface area contributed by atoms with Crippen LogP contribution in [0.4, 0.5) is 0 Å². The summed E-state index contributed by atoms with van der Waals surface area (Å²) in [5.41, 5.74) is 0.922. The Morgan fingerprint density at radius 2 is 1.95 bits per heavy atom. The van der Waals surface area contributed by atoms with E-state index in [-0.39, 0.29) is 12.1 Å². The van der Waals surface area contributed by atoms with Crippen molar-refractivity contribution in [3.63, 3.8) is 0 Å². The third kappa shape index (κ3) is 3.61. The van der Waals surface area contributed by atoms with Crippen LogP contribution in [0, 0.1) is 0 Å². The molecule has 2 aromatic rings. The molecule has 20 heavy (non-hydrogen) atoms. The average Bonchev–Trinajstić information content (AvgIpc) is 2.48. The Bertz CT molecular complexity index is 587. The Morgan fingerprint density at radius 1 is 1.20 bits per heavy atom. The van der Waals surface area contributed by atoms with Crippen LogP contribution in [0.3, 0.4) is 0 Å². The van der Waals surface area contributed by atoms with E-state index in [1.54, 1.807) is 0 Å². The SMILES string of the molecule is O=C(N[C@H](Cc1ccccc1)C(=O)O)c1cnccn1. The predicted octanol–water partition coefficient (Wildman–Crippen LogP) is 0.902. The van der Waals surface area contributed by atoms with E-state index in [4.69, 9.17) is 0 Å². The van der Waals surface area contributed by atoms with Gasteiger partial charge in [-0.25, -0.2) is 9.78 Å². The molecule has 2 rings (SSSR count). The molecule has 0 bridgehead atoms. The summed E-state index contributed by atoms with van der Waals surface area (Å²) in [5, 5.41) is 11.6. The fourth-order valence-corrected chi connectivity index (χ4v) is 1.70. The zero-order chi connectivity index (χ0) is 14.4. The molecule has 0 aliphatic rings. The first-order valence-corrected chi connectivity index (χ1v) is 6.00. The molecule has 0 radical (unpaired) electrons. The Morgan fingerprint density at radius 3 is 2.55 bits per heavy atom. The van der Waals surface area contributed by atoms with Crippen molar-refractivity contribution in [3.8, 4) is 0 Å². The number of nitrogens with one attached hydrogen (secondary N) is 1. The number of amides is 1. The monoisotopic (exact) mass is 271 g/mol. The fraction of sp³-hybridized carbons (Fsp3) is 0.143. The van der Waals surface area contributed by atoms with Crippen LogP contribution in [0.2, 0.25) is 0 Å². The van der Waals surface area contributed by atoms with Crippen LogP contribution >= 0.6 is 0 Å². The number of carbonyl (C=O) groups is 2. The van der Waals surface area contributed by atoms with Gasteiger partial charge in [0.25, 0.3) is 5.91 Å². The Hall–Kier alpha value is -2.76. The second-order valence-corrected chi connectivity index (χ2v) is 4.14. The van der Waals surface area contributed by atoms with Crippen molar-refractivity contribution in [2.75, 3.05) is 0 Å². The van der Waals surface area contributed by atoms with E-state index in [0.29, 0.717) is 0 Å². The maximum Gasteiger partial charge on any atom is 0.326 e. The second kappa shape index (κ2) is 6.42. The van der Waals surface area contributed by atoms with Gasteiger partial charge in [0, 0.05) is 18.8 Å². The van der Waals surface area contributed by atoms with Gasteiger partial charge in [-0.15, -0.1) is 0 Å². The highest BCUT2D eigenvalue weighted by atomic mass is 16.4. The lowest BCUT2D eigenvalue weighted by Gasteiger charge is -2.14. The quantitative estimate of drug-likeness (QED) is 0.843. The van der Waals surface area contributed by atoms with Gasteiger partial charge < -0.3 is 10.4 Å². The number of aromatic nitrogens is 2. The molecule has 6 heteroatoms. The zero-order valence-corrected chi connectivity index (χ0v) is 10.6. The highest BCUT2D eigenvalue weighted by Gasteiger charge is 2.21. The van der Waals surface area contributed by atoms with Gasteiger partial charge in [-0.1, -0.05) is 30.3 Å². The van der Waals surface area contributed by atoms with Crippen molar-refractivity contribution in [2.24, 2.45) is 0 Å². The number of carboxylic acid groups (broad SMARTS) is 1. The minimum absolute atomic E-state index is 0.0896. The molecule has 1 heterocycles. The minimum atomic E-state index is -1.09. The normalized spacial score (nSPS) is 11.6. The van der Waals surface area contributed by atoms with Gasteiger partial charge in [-0.05, 0) is 5.56 Å². The summed E-state index contributed by atoms with van der Waals surface area (Å²) < 4.78 is 0. The second-order valence-electron chi connectivity index (χ2n) is 4.14. The summed E-state index contributed by atoms with van der Waals surface area (Å²) in [5.74, 6) is -1.65. The van der Waals surface area contributed by atoms with E-state index >= 15 is 0 Å². The molecule has 0 saturated heterocycles. The van der Waals surface area contributed by atoms with Crippen molar-refractivity contribution in [3.05, 3.63) is 60.2 Å². The van der Waals surface area contributed by atoms with Gasteiger partial charge in [0.1, 0.15) is 11.7 Å². The molecular weight excluding hydrogens is 258 g/mol. The van der Waals surface area contributed by atoms with Crippen LogP contribution in [-0.4, -0.2) is 33.0 Å². The van der Waals surface area contributed by atoms with Crippen LogP contribution in [0.15, 0.2) is 48.9 Å². The number of carboxylic acids is 1. The highest BCUT2D eigenvalue weighted by Crippen LogP contribution is 2.04. The van der Waals surface area contributed by atoms with Crippen LogP contribution < -0.4 is 5.32 Å². The molecule has 1 atom stereocenters. The molecule has 0 unspecified atom stereocenters. The molecule has 0 aliphatic heterocycles. The van der Waals surface area contributed by atoms with Crippen LogP contribution in [0.1, 0.15) is 16.1 Å². The van der Waals surface area contributed by atoms with Crippen molar-refractivity contribution < 1.29 is 14.7 Å². The smallest absolute Gasteiger partial charge is 0.326 e. The average molecular weight is 271 g/mol. The van der Waals surface area contributed by atoms with E-state index in [1.807, 2.05) is 30.3 Å². The third-order valence-electron chi connectivity index (χ3n) is 2.68. The molecule has 0 aliphatic carbocycles. The zero-order valence-electron chi connectivity index (χ0n) is 10.6. The molecule has 1 aromatic heterocycles. The van der Waals surface area contributed by atoms with Gasteiger partial charge in [0.2, 0.25) is 0 Å². The molecule has 0 saturated carbocycles. The number of carbonyl (C=O) groups excluding carboxylic acids is 1. The standard InChI is InChI=1S/C14H13N3O3/c18-13(12-9-15-6-7-16-12)17-11(14(19)20)8-10-4-2-1-3-5-10/h1-7,9,11H,8H2,(H,17,18)(H,19,20)/t11-/m1/s1. The topological polar surface area (TPSA) is 92.2 Å². The van der Waals surface area contributed by atoms with E-state index in [1.165, 1.54) is 18.6 Å². The van der Waals surface area contributed by atoms with E-state index in [2.05, 4.69) is 15.3 Å². The van der Waals surface area contributed by atoms with Gasteiger partial charge in [0.05, 0.1) is 6.20 Å². The maximum absolute atomic E-state index is 11.9. The number of aliphatic carboxylic acids is 1. The van der Waals surface area contributed by atoms with E-state index < -0.39 is 17.9 Å². The summed E-state index contributed by atoms with van der Waals surface area (Å²) in [4.78, 5) is 30.7. The van der Waals surface area contributed by atoms with Crippen molar-refractivity contribution >= 4 is 11.9 Å². The summed E-state index contributed by atoms with van der Waals surface area (Å²) in [6, 6.07) is 8.09. The first-order valence-electron chi connectivity index (χ1n) is 6.00. The van der Waals surface area contributed by atoms with E-state index in [9.17, 15) is 14.7 Å². The van der Waals surface area contributed by atoms with Crippen LogP contribution in [0.5, 0.6) is 0 Å². The fourth-order valence-electron chi connectivity index (χ4n) is 1.70. The molecule has 102 valence electrons. The Kier molecular flexibility index (Phi) is 4.39. The highest BCUT2D eigenvalue weighted by molar-refractivity contribution is 5.94. The Balaban J connectivity index is 2.07. The van der Waals surface area contributed by atoms with E-state index in [0.717, 1.165) is 5.56 Å². The summed E-state index contributed by atoms with van der Waals surface area (Å²) >= 11 is 0. The van der Waals surface area contributed by atoms with Gasteiger partial charge in [-0.2, -0.15) is 0 Å². The van der Waals surface area contributed by atoms with Crippen molar-refractivity contribution in [1.82, 2.24) is 15.3 Å². The van der Waals surface area contributed by atoms with Crippen molar-refractivity contribution in [2.45, 2.75) is 12.5 Å². The number of hydrogen-bond donors (Lipinski definition) is 2. The molecule has 0 spiro atoms. The molecule has 2 N–H and O–H groups in total. The number of hydrogen-bond acceptors (Lipinski definition) is 4. The van der Waals surface area contributed by atoms with Crippen LogP contribution in [0.25, 0.3) is 0 Å². The summed E-state index contributed by atoms with van der Waals surface area (Å²) in [7, 11) is 0. The summed E-state index contributed by atoms with van der Waals surface area (Å²) in [6.07, 6.45) is 4.32. The molecular formula is C14H13N3O3. The molecule has 6 nitrogen and oxygen atoms in total. The largest absolute Gasteiger partial charge is 0.480 e. The molecule has 1 aromatic carbocycles. The predicted molar refractivity (Wildman–Crippen MR) is 71.1 cm³/mol. The lowest BCUT2D eigenvalue weighted by Crippen LogP contribution is -2.42. The number of nitrogens with zero attached hydrogens (tertiary/aromatic N) is 2. The van der Waals surface area contributed by atoms with Crippen LogP contribution in [-0.2, 0) is 11.2 Å². The first-order chi connectivity index (χ1) is 9.66. The van der Waals surface area contributed by atoms with Gasteiger partial charge in [-0.3, -0.25) is 9.78 Å². The third-order valence-corrected chi connectivity index (χ3v) is 2.68. The maximum atomic E-state index is 11.9. The molecule has 0 fully saturated rings. The van der Waals surface area contributed by atoms with Gasteiger partial charge in [0.15, 0.2) is 0 Å². The summed E-state index contributed by atoms with van der Waals surface area (Å²) in [6.45, 7) is 0. The lowest BCUT2D eigenvalue weighted by atomic mass is 10.1.